The van der Waals surface area contributed by atoms with Gasteiger partial charge < -0.3 is 5.32 Å². The fraction of sp³-hybridized carbons (Fsp3) is 0.357. The number of benzene rings is 1. The van der Waals surface area contributed by atoms with E-state index in [4.69, 9.17) is 0 Å². The number of hydrogen-bond acceptors (Lipinski definition) is 1. The molecule has 0 spiro atoms. The van der Waals surface area contributed by atoms with Crippen LogP contribution >= 0.6 is 0 Å². The first-order valence-corrected chi connectivity index (χ1v) is 5.82. The molecule has 1 aromatic rings. The molecular weight excluding hydrogens is 198 g/mol. The summed E-state index contributed by atoms with van der Waals surface area (Å²) in [6, 6.07) is 7.65. The first-order valence-electron chi connectivity index (χ1n) is 5.82. The second-order valence-electron chi connectivity index (χ2n) is 3.67. The summed E-state index contributed by atoms with van der Waals surface area (Å²) in [4.78, 5) is 11.5. The van der Waals surface area contributed by atoms with E-state index in [1.807, 2.05) is 31.2 Å². The monoisotopic (exact) mass is 217 g/mol. The average molecular weight is 217 g/mol. The van der Waals surface area contributed by atoms with Crippen molar-refractivity contribution in [3.05, 3.63) is 41.5 Å². The normalized spacial score (nSPS) is 10.6. The number of rotatable bonds is 5. The lowest BCUT2D eigenvalue weighted by atomic mass is 10.1. The Hall–Kier alpha value is -1.57. The molecule has 1 aromatic carbocycles. The third-order valence-corrected chi connectivity index (χ3v) is 2.28. The van der Waals surface area contributed by atoms with Gasteiger partial charge in [0, 0.05) is 12.1 Å². The molecule has 0 saturated carbocycles. The summed E-state index contributed by atoms with van der Waals surface area (Å²) in [5.74, 6) is -0.00779. The van der Waals surface area contributed by atoms with Crippen molar-refractivity contribution < 1.29 is 4.79 Å². The molecule has 0 aliphatic carbocycles. The summed E-state index contributed by atoms with van der Waals surface area (Å²) in [6.07, 6.45) is 6.50. The molecular formula is C14H19NO. The summed E-state index contributed by atoms with van der Waals surface area (Å²) in [5, 5.41) is 2.78. The molecule has 0 fully saturated rings. The van der Waals surface area contributed by atoms with Crippen LogP contribution in [0.1, 0.15) is 42.6 Å². The van der Waals surface area contributed by atoms with Gasteiger partial charge in [0.15, 0.2) is 0 Å². The summed E-state index contributed by atoms with van der Waals surface area (Å²) < 4.78 is 0. The maximum atomic E-state index is 11.5. The van der Waals surface area contributed by atoms with Crippen LogP contribution in [0.2, 0.25) is 0 Å². The number of unbranched alkanes of at least 4 members (excludes halogenated alkanes) is 1. The Kier molecular flexibility index (Phi) is 5.34. The fourth-order valence-electron chi connectivity index (χ4n) is 1.39. The minimum absolute atomic E-state index is 0.00779. The highest BCUT2D eigenvalue weighted by Crippen LogP contribution is 2.07. The summed E-state index contributed by atoms with van der Waals surface area (Å²) in [7, 11) is 0. The van der Waals surface area contributed by atoms with E-state index in [2.05, 4.69) is 24.4 Å². The lowest BCUT2D eigenvalue weighted by molar-refractivity contribution is 0.0956. The Bertz CT molecular complexity index is 352. The van der Waals surface area contributed by atoms with E-state index in [-0.39, 0.29) is 5.91 Å². The molecule has 0 unspecified atom stereocenters. The maximum absolute atomic E-state index is 11.5. The van der Waals surface area contributed by atoms with Crippen LogP contribution in [0.25, 0.3) is 6.08 Å². The number of carbonyl (C=O) groups is 1. The lowest BCUT2D eigenvalue weighted by Crippen LogP contribution is -2.22. The Labute approximate surface area is 97.4 Å². The van der Waals surface area contributed by atoms with Crippen LogP contribution in [0.15, 0.2) is 30.3 Å². The molecule has 0 aromatic heterocycles. The first-order chi connectivity index (χ1) is 7.77. The predicted molar refractivity (Wildman–Crippen MR) is 68.4 cm³/mol. The Morgan fingerprint density at radius 2 is 1.94 bits per heavy atom. The predicted octanol–water partition coefficient (Wildman–Crippen LogP) is 3.25. The standard InChI is InChI=1S/C14H19NO/c1-3-5-6-7-12-8-10-13(11-9-12)14(16)15-4-2/h6-11H,3-5H2,1-2H3,(H,15,16). The summed E-state index contributed by atoms with van der Waals surface area (Å²) in [6.45, 7) is 4.74. The Morgan fingerprint density at radius 3 is 2.50 bits per heavy atom. The topological polar surface area (TPSA) is 29.1 Å². The van der Waals surface area contributed by atoms with E-state index in [9.17, 15) is 4.79 Å². The van der Waals surface area contributed by atoms with E-state index >= 15 is 0 Å². The summed E-state index contributed by atoms with van der Waals surface area (Å²) >= 11 is 0. The van der Waals surface area contributed by atoms with Crippen LogP contribution in [-0.2, 0) is 0 Å². The Balaban J connectivity index is 2.64. The lowest BCUT2D eigenvalue weighted by Gasteiger charge is -2.02. The third-order valence-electron chi connectivity index (χ3n) is 2.28. The summed E-state index contributed by atoms with van der Waals surface area (Å²) in [5.41, 5.74) is 1.86. The molecule has 0 radical (unpaired) electrons. The molecule has 0 aliphatic heterocycles. The van der Waals surface area contributed by atoms with Gasteiger partial charge in [-0.15, -0.1) is 0 Å². The fourth-order valence-corrected chi connectivity index (χ4v) is 1.39. The number of amides is 1. The third kappa shape index (κ3) is 3.89. The molecule has 0 bridgehead atoms. The van der Waals surface area contributed by atoms with Gasteiger partial charge in [-0.1, -0.05) is 37.6 Å². The molecule has 2 nitrogen and oxygen atoms in total. The second-order valence-corrected chi connectivity index (χ2v) is 3.67. The number of allylic oxidation sites excluding steroid dienone is 1. The highest BCUT2D eigenvalue weighted by Gasteiger charge is 2.01. The van der Waals surface area contributed by atoms with E-state index in [0.29, 0.717) is 6.54 Å². The largest absolute Gasteiger partial charge is 0.352 e. The quantitative estimate of drug-likeness (QED) is 0.806. The number of nitrogens with one attached hydrogen (secondary N) is 1. The molecule has 86 valence electrons. The van der Waals surface area contributed by atoms with Crippen LogP contribution in [0.5, 0.6) is 0 Å². The molecule has 1 amide bonds. The zero-order valence-electron chi connectivity index (χ0n) is 9.99. The molecule has 2 heteroatoms. The Morgan fingerprint density at radius 1 is 1.25 bits per heavy atom. The van der Waals surface area contributed by atoms with Crippen LogP contribution in [0.4, 0.5) is 0 Å². The highest BCUT2D eigenvalue weighted by molar-refractivity contribution is 5.94. The molecule has 1 N–H and O–H groups in total. The van der Waals surface area contributed by atoms with Crippen molar-refractivity contribution in [2.45, 2.75) is 26.7 Å². The van der Waals surface area contributed by atoms with Gasteiger partial charge in [-0.05, 0) is 31.0 Å². The van der Waals surface area contributed by atoms with Crippen molar-refractivity contribution in [1.82, 2.24) is 5.32 Å². The SMILES string of the molecule is CCCC=Cc1ccc(C(=O)NCC)cc1. The zero-order valence-corrected chi connectivity index (χ0v) is 9.99. The molecule has 0 atom stereocenters. The molecule has 1 rings (SSSR count). The van der Waals surface area contributed by atoms with Crippen molar-refractivity contribution in [2.75, 3.05) is 6.54 Å². The van der Waals surface area contributed by atoms with Crippen LogP contribution < -0.4 is 5.32 Å². The highest BCUT2D eigenvalue weighted by atomic mass is 16.1. The molecule has 0 heterocycles. The van der Waals surface area contributed by atoms with Gasteiger partial charge in [-0.3, -0.25) is 4.79 Å². The molecule has 16 heavy (non-hydrogen) atoms. The second kappa shape index (κ2) is 6.83. The van der Waals surface area contributed by atoms with E-state index in [0.717, 1.165) is 24.0 Å². The van der Waals surface area contributed by atoms with E-state index in [1.54, 1.807) is 0 Å². The van der Waals surface area contributed by atoms with Gasteiger partial charge in [-0.2, -0.15) is 0 Å². The van der Waals surface area contributed by atoms with Crippen molar-refractivity contribution >= 4 is 12.0 Å². The minimum atomic E-state index is -0.00779. The van der Waals surface area contributed by atoms with Gasteiger partial charge in [0.25, 0.3) is 5.91 Å². The van der Waals surface area contributed by atoms with Crippen LogP contribution in [0, 0.1) is 0 Å². The zero-order chi connectivity index (χ0) is 11.8. The maximum Gasteiger partial charge on any atom is 0.251 e. The van der Waals surface area contributed by atoms with Gasteiger partial charge in [0.05, 0.1) is 0 Å². The van der Waals surface area contributed by atoms with Crippen LogP contribution in [0.3, 0.4) is 0 Å². The van der Waals surface area contributed by atoms with E-state index < -0.39 is 0 Å². The van der Waals surface area contributed by atoms with Crippen molar-refractivity contribution in [3.63, 3.8) is 0 Å². The van der Waals surface area contributed by atoms with E-state index in [1.165, 1.54) is 0 Å². The van der Waals surface area contributed by atoms with Crippen LogP contribution in [-0.4, -0.2) is 12.5 Å². The number of hydrogen-bond donors (Lipinski definition) is 1. The van der Waals surface area contributed by atoms with Gasteiger partial charge in [-0.25, -0.2) is 0 Å². The van der Waals surface area contributed by atoms with Gasteiger partial charge in [0.2, 0.25) is 0 Å². The van der Waals surface area contributed by atoms with Gasteiger partial charge in [0.1, 0.15) is 0 Å². The smallest absolute Gasteiger partial charge is 0.251 e. The van der Waals surface area contributed by atoms with Crippen molar-refractivity contribution in [2.24, 2.45) is 0 Å². The molecule has 0 aliphatic rings. The average Bonchev–Trinajstić information content (AvgIpc) is 2.30. The molecule has 0 saturated heterocycles. The van der Waals surface area contributed by atoms with Gasteiger partial charge >= 0.3 is 0 Å². The van der Waals surface area contributed by atoms with Crippen molar-refractivity contribution in [3.8, 4) is 0 Å². The first kappa shape index (κ1) is 12.5. The number of carbonyl (C=O) groups excluding carboxylic acids is 1. The van der Waals surface area contributed by atoms with Crippen molar-refractivity contribution in [1.29, 1.82) is 0 Å². The minimum Gasteiger partial charge on any atom is -0.352 e.